The lowest BCUT2D eigenvalue weighted by atomic mass is 10.0. The number of hydrogen-bond acceptors (Lipinski definition) is 2. The van der Waals surface area contributed by atoms with Gasteiger partial charge in [-0.15, -0.1) is 0 Å². The number of carbonyl (C=O) groups is 1. The Labute approximate surface area is 141 Å². The maximum Gasteiger partial charge on any atom is 0.251 e. The second-order valence-corrected chi connectivity index (χ2v) is 6.45. The molecule has 0 fully saturated rings. The molecule has 0 saturated heterocycles. The summed E-state index contributed by atoms with van der Waals surface area (Å²) in [5, 5.41) is 1.02. The third-order valence-electron chi connectivity index (χ3n) is 4.67. The highest BCUT2D eigenvalue weighted by molar-refractivity contribution is 5.97. The predicted octanol–water partition coefficient (Wildman–Crippen LogP) is 4.12. The molecule has 0 unspecified atom stereocenters. The van der Waals surface area contributed by atoms with Crippen molar-refractivity contribution in [3.8, 4) is 0 Å². The zero-order valence-corrected chi connectivity index (χ0v) is 14.5. The van der Waals surface area contributed by atoms with Gasteiger partial charge in [0.2, 0.25) is 0 Å². The highest BCUT2D eigenvalue weighted by Crippen LogP contribution is 2.20. The van der Waals surface area contributed by atoms with E-state index in [0.29, 0.717) is 5.56 Å². The molecule has 3 rings (SSSR count). The van der Waals surface area contributed by atoms with Gasteiger partial charge in [-0.25, -0.2) is 0 Å². The van der Waals surface area contributed by atoms with E-state index >= 15 is 0 Å². The molecular formula is C21H21NO2. The van der Waals surface area contributed by atoms with Crippen molar-refractivity contribution in [1.29, 1.82) is 0 Å². The quantitative estimate of drug-likeness (QED) is 0.681. The number of ketones is 1. The third kappa shape index (κ3) is 2.78. The average Bonchev–Trinajstić information content (AvgIpc) is 2.54. The van der Waals surface area contributed by atoms with Crippen LogP contribution in [0, 0.1) is 27.7 Å². The van der Waals surface area contributed by atoms with Crippen LogP contribution >= 0.6 is 0 Å². The molecule has 3 aromatic rings. The van der Waals surface area contributed by atoms with Gasteiger partial charge in [-0.1, -0.05) is 30.3 Å². The first-order valence-corrected chi connectivity index (χ1v) is 8.08. The van der Waals surface area contributed by atoms with Crippen molar-refractivity contribution in [2.45, 2.75) is 34.2 Å². The molecular weight excluding hydrogens is 298 g/mol. The van der Waals surface area contributed by atoms with Crippen LogP contribution in [0.3, 0.4) is 0 Å². The molecule has 1 aromatic heterocycles. The molecule has 2 aromatic carbocycles. The molecule has 1 heterocycles. The van der Waals surface area contributed by atoms with Crippen molar-refractivity contribution in [3.05, 3.63) is 80.6 Å². The average molecular weight is 319 g/mol. The van der Waals surface area contributed by atoms with E-state index in [9.17, 15) is 9.59 Å². The van der Waals surface area contributed by atoms with Crippen LogP contribution in [0.5, 0.6) is 0 Å². The smallest absolute Gasteiger partial charge is 0.251 e. The number of benzene rings is 2. The molecule has 0 amide bonds. The number of carbonyl (C=O) groups excluding carboxylic acids is 1. The van der Waals surface area contributed by atoms with Crippen LogP contribution in [0.4, 0.5) is 0 Å². The van der Waals surface area contributed by atoms with Crippen molar-refractivity contribution < 1.29 is 4.79 Å². The van der Waals surface area contributed by atoms with E-state index in [2.05, 4.69) is 0 Å². The monoisotopic (exact) mass is 319 g/mol. The van der Waals surface area contributed by atoms with Gasteiger partial charge in [-0.05, 0) is 56.0 Å². The summed E-state index contributed by atoms with van der Waals surface area (Å²) in [6, 6.07) is 13.2. The normalized spacial score (nSPS) is 11.0. The number of aryl methyl sites for hydroxylation is 4. The fourth-order valence-corrected chi connectivity index (χ4v) is 3.09. The van der Waals surface area contributed by atoms with E-state index in [4.69, 9.17) is 0 Å². The zero-order chi connectivity index (χ0) is 17.4. The van der Waals surface area contributed by atoms with Gasteiger partial charge in [0.15, 0.2) is 5.78 Å². The molecule has 0 spiro atoms. The van der Waals surface area contributed by atoms with E-state index in [1.807, 2.05) is 64.1 Å². The number of rotatable bonds is 3. The maximum absolute atomic E-state index is 12.7. The Kier molecular flexibility index (Phi) is 4.10. The lowest BCUT2D eigenvalue weighted by Gasteiger charge is -2.14. The van der Waals surface area contributed by atoms with Crippen molar-refractivity contribution in [3.63, 3.8) is 0 Å². The lowest BCUT2D eigenvalue weighted by Crippen LogP contribution is -2.25. The second-order valence-electron chi connectivity index (χ2n) is 6.45. The SMILES string of the molecule is Cc1ccc(C(=O)Cn2c(=O)cc(C)c3cccc(C)c32)cc1C. The van der Waals surface area contributed by atoms with Crippen LogP contribution in [0.2, 0.25) is 0 Å². The van der Waals surface area contributed by atoms with Crippen molar-refractivity contribution in [1.82, 2.24) is 4.57 Å². The number of hydrogen-bond donors (Lipinski definition) is 0. The minimum Gasteiger partial charge on any atom is -0.300 e. The predicted molar refractivity (Wildman–Crippen MR) is 97.9 cm³/mol. The standard InChI is InChI=1S/C21H21NO2/c1-13-8-9-17(10-15(13)3)19(23)12-22-20(24)11-16(4)18-7-5-6-14(2)21(18)22/h5-11H,12H2,1-4H3. The molecule has 0 N–H and O–H groups in total. The minimum absolute atomic E-state index is 0.0476. The van der Waals surface area contributed by atoms with Gasteiger partial charge in [0.05, 0.1) is 12.1 Å². The summed E-state index contributed by atoms with van der Waals surface area (Å²) in [5.74, 6) is -0.0476. The van der Waals surface area contributed by atoms with Crippen molar-refractivity contribution >= 4 is 16.7 Å². The number of Topliss-reactive ketones (excluding diaryl/α,β-unsaturated/α-hetero) is 1. The molecule has 3 nitrogen and oxygen atoms in total. The Morgan fingerprint density at radius 1 is 0.875 bits per heavy atom. The Morgan fingerprint density at radius 3 is 2.33 bits per heavy atom. The fourth-order valence-electron chi connectivity index (χ4n) is 3.09. The summed E-state index contributed by atoms with van der Waals surface area (Å²) in [6.45, 7) is 7.97. The van der Waals surface area contributed by atoms with Crippen molar-refractivity contribution in [2.24, 2.45) is 0 Å². The first kappa shape index (κ1) is 16.2. The maximum atomic E-state index is 12.7. The number of para-hydroxylation sites is 1. The summed E-state index contributed by atoms with van der Waals surface area (Å²) < 4.78 is 1.59. The molecule has 24 heavy (non-hydrogen) atoms. The molecule has 0 atom stereocenters. The van der Waals surface area contributed by atoms with Crippen LogP contribution in [-0.2, 0) is 6.54 Å². The Hall–Kier alpha value is -2.68. The van der Waals surface area contributed by atoms with Crippen molar-refractivity contribution in [2.75, 3.05) is 0 Å². The molecule has 122 valence electrons. The van der Waals surface area contributed by atoms with E-state index in [1.54, 1.807) is 10.6 Å². The van der Waals surface area contributed by atoms with Gasteiger partial charge in [0.25, 0.3) is 5.56 Å². The van der Waals surface area contributed by atoms with E-state index in [-0.39, 0.29) is 17.9 Å². The molecule has 3 heteroatoms. The highest BCUT2D eigenvalue weighted by Gasteiger charge is 2.13. The number of nitrogens with zero attached hydrogens (tertiary/aromatic N) is 1. The number of fused-ring (bicyclic) bond motifs is 1. The number of aromatic nitrogens is 1. The molecule has 0 aliphatic carbocycles. The molecule has 0 aliphatic rings. The molecule has 0 radical (unpaired) electrons. The van der Waals surface area contributed by atoms with E-state index < -0.39 is 0 Å². The van der Waals surface area contributed by atoms with Crippen LogP contribution in [0.1, 0.15) is 32.6 Å². The van der Waals surface area contributed by atoms with Gasteiger partial charge in [-0.2, -0.15) is 0 Å². The molecule has 0 bridgehead atoms. The summed E-state index contributed by atoms with van der Waals surface area (Å²) in [4.78, 5) is 25.2. The summed E-state index contributed by atoms with van der Waals surface area (Å²) in [7, 11) is 0. The van der Waals surface area contributed by atoms with Crippen LogP contribution in [0.15, 0.2) is 47.3 Å². The van der Waals surface area contributed by atoms with Crippen LogP contribution in [-0.4, -0.2) is 10.4 Å². The topological polar surface area (TPSA) is 39.1 Å². The zero-order valence-electron chi connectivity index (χ0n) is 14.5. The van der Waals surface area contributed by atoms with Gasteiger partial charge < -0.3 is 4.57 Å². The largest absolute Gasteiger partial charge is 0.300 e. The first-order chi connectivity index (χ1) is 11.4. The highest BCUT2D eigenvalue weighted by atomic mass is 16.1. The Balaban J connectivity index is 2.11. The van der Waals surface area contributed by atoms with Gasteiger partial charge in [0.1, 0.15) is 0 Å². The summed E-state index contributed by atoms with van der Waals surface area (Å²) in [6.07, 6.45) is 0. The minimum atomic E-state index is -0.133. The van der Waals surface area contributed by atoms with Crippen LogP contribution < -0.4 is 5.56 Å². The third-order valence-corrected chi connectivity index (χ3v) is 4.67. The van der Waals surface area contributed by atoms with Gasteiger partial charge >= 0.3 is 0 Å². The molecule has 0 saturated carbocycles. The lowest BCUT2D eigenvalue weighted by molar-refractivity contribution is 0.0972. The Morgan fingerprint density at radius 2 is 1.62 bits per heavy atom. The van der Waals surface area contributed by atoms with Gasteiger partial charge in [-0.3, -0.25) is 9.59 Å². The van der Waals surface area contributed by atoms with Crippen LogP contribution in [0.25, 0.3) is 10.9 Å². The van der Waals surface area contributed by atoms with E-state index in [1.165, 1.54) is 0 Å². The summed E-state index contributed by atoms with van der Waals surface area (Å²) >= 11 is 0. The van der Waals surface area contributed by atoms with Gasteiger partial charge in [0, 0.05) is 17.0 Å². The molecule has 0 aliphatic heterocycles. The second kappa shape index (κ2) is 6.08. The first-order valence-electron chi connectivity index (χ1n) is 8.08. The summed E-state index contributed by atoms with van der Waals surface area (Å²) in [5.41, 5.74) is 5.53. The van der Waals surface area contributed by atoms with E-state index in [0.717, 1.165) is 33.2 Å². The number of pyridine rings is 1. The fraction of sp³-hybridized carbons (Fsp3) is 0.238. The Bertz CT molecular complexity index is 1010.